The molecule has 0 unspecified atom stereocenters. The molecule has 0 fully saturated rings. The molecule has 0 spiro atoms. The van der Waals surface area contributed by atoms with Crippen LogP contribution in [0.2, 0.25) is 0 Å². The van der Waals surface area contributed by atoms with Gasteiger partial charge in [-0.15, -0.1) is 0 Å². The number of nitrogens with zero attached hydrogens (tertiary/aromatic N) is 1. The van der Waals surface area contributed by atoms with Gasteiger partial charge in [-0.2, -0.15) is 0 Å². The molecule has 0 atom stereocenters. The molecule has 0 saturated carbocycles. The second kappa shape index (κ2) is 13.0. The first-order chi connectivity index (χ1) is 28.0. The zero-order valence-corrected chi connectivity index (χ0v) is 31.9. The van der Waals surface area contributed by atoms with Crippen LogP contribution in [0.4, 0.5) is 17.1 Å². The smallest absolute Gasteiger partial charge is 0.143 e. The van der Waals surface area contributed by atoms with Gasteiger partial charge in [-0.25, -0.2) is 0 Å². The molecule has 270 valence electrons. The minimum absolute atomic E-state index is 0.189. The van der Waals surface area contributed by atoms with Gasteiger partial charge in [-0.3, -0.25) is 0 Å². The molecule has 0 saturated heterocycles. The topological polar surface area (TPSA) is 16.4 Å². The number of hydrogen-bond acceptors (Lipinski definition) is 2. The first-order valence-electron chi connectivity index (χ1n) is 19.8. The van der Waals surface area contributed by atoms with Gasteiger partial charge in [0.05, 0.1) is 0 Å². The van der Waals surface area contributed by atoms with Crippen LogP contribution in [0.15, 0.2) is 205 Å². The fourth-order valence-electron chi connectivity index (χ4n) is 9.24. The lowest BCUT2D eigenvalue weighted by atomic mass is 9.81. The van der Waals surface area contributed by atoms with E-state index in [0.29, 0.717) is 0 Å². The maximum Gasteiger partial charge on any atom is 0.143 e. The predicted molar refractivity (Wildman–Crippen MR) is 240 cm³/mol. The maximum atomic E-state index is 6.81. The van der Waals surface area contributed by atoms with Gasteiger partial charge >= 0.3 is 0 Å². The SMILES string of the molecule is CC1(C)c2cc(N(c3ccc(-c4ccccc4)cc3)c3ccc4oc5c(-c6ccccc6)cc6ccccc6c5c4c3)ccc2-c2c(-c3ccccc3)cccc21. The normalized spacial score (nSPS) is 12.9. The van der Waals surface area contributed by atoms with E-state index < -0.39 is 0 Å². The lowest BCUT2D eigenvalue weighted by molar-refractivity contribution is 0.660. The number of furan rings is 1. The van der Waals surface area contributed by atoms with E-state index in [1.807, 2.05) is 0 Å². The van der Waals surface area contributed by atoms with Gasteiger partial charge in [0.15, 0.2) is 0 Å². The minimum atomic E-state index is -0.189. The van der Waals surface area contributed by atoms with Gasteiger partial charge in [0.1, 0.15) is 11.2 Å². The van der Waals surface area contributed by atoms with Crippen molar-refractivity contribution < 1.29 is 4.42 Å². The second-order valence-electron chi connectivity index (χ2n) is 15.7. The Bertz CT molecular complexity index is 3120. The van der Waals surface area contributed by atoms with Crippen molar-refractivity contribution in [2.45, 2.75) is 19.3 Å². The molecule has 0 N–H and O–H groups in total. The van der Waals surface area contributed by atoms with Crippen molar-refractivity contribution in [3.8, 4) is 44.5 Å². The molecule has 9 aromatic carbocycles. The highest BCUT2D eigenvalue weighted by Gasteiger charge is 2.37. The van der Waals surface area contributed by atoms with Crippen LogP contribution in [0.25, 0.3) is 77.2 Å². The van der Waals surface area contributed by atoms with Gasteiger partial charge in [0, 0.05) is 38.8 Å². The molecule has 11 rings (SSSR count). The standard InChI is InChI=1S/C55H39NO/c1-55(2)49-24-14-23-44(38-17-8-4-9-18-38)52(49)46-31-29-43(35-50(46)55)56(41-27-25-37(26-28-41)36-15-6-3-7-16-36)42-30-32-51-48(34-42)53-45-22-13-12-21-40(45)33-47(54(53)57-51)39-19-10-5-11-20-39/h3-35H,1-2H3. The molecular formula is C55H39NO. The van der Waals surface area contributed by atoms with E-state index in [2.05, 4.69) is 219 Å². The van der Waals surface area contributed by atoms with E-state index in [0.717, 1.165) is 50.1 Å². The Labute approximate surface area is 332 Å². The third-order valence-electron chi connectivity index (χ3n) is 12.0. The molecule has 57 heavy (non-hydrogen) atoms. The van der Waals surface area contributed by atoms with Crippen molar-refractivity contribution in [2.75, 3.05) is 4.90 Å². The van der Waals surface area contributed by atoms with E-state index in [9.17, 15) is 0 Å². The van der Waals surface area contributed by atoms with E-state index in [1.54, 1.807) is 0 Å². The molecule has 2 heteroatoms. The quantitative estimate of drug-likeness (QED) is 0.169. The number of benzene rings is 9. The van der Waals surface area contributed by atoms with Crippen LogP contribution in [-0.2, 0) is 5.41 Å². The van der Waals surface area contributed by atoms with E-state index >= 15 is 0 Å². The summed E-state index contributed by atoms with van der Waals surface area (Å²) in [6.45, 7) is 4.74. The fourth-order valence-corrected chi connectivity index (χ4v) is 9.24. The summed E-state index contributed by atoms with van der Waals surface area (Å²) >= 11 is 0. The van der Waals surface area contributed by atoms with Gasteiger partial charge in [0.2, 0.25) is 0 Å². The zero-order valence-electron chi connectivity index (χ0n) is 31.9. The Hall–Kier alpha value is -7.16. The van der Waals surface area contributed by atoms with Crippen LogP contribution in [0.3, 0.4) is 0 Å². The van der Waals surface area contributed by atoms with Crippen LogP contribution < -0.4 is 4.90 Å². The Balaban J connectivity index is 1.13. The molecule has 0 aliphatic heterocycles. The summed E-state index contributed by atoms with van der Waals surface area (Å²) < 4.78 is 6.81. The minimum Gasteiger partial charge on any atom is -0.455 e. The van der Waals surface area contributed by atoms with Crippen molar-refractivity contribution in [3.05, 3.63) is 211 Å². The van der Waals surface area contributed by atoms with Crippen LogP contribution in [0.5, 0.6) is 0 Å². The summed E-state index contributed by atoms with van der Waals surface area (Å²) in [5.41, 5.74) is 17.4. The van der Waals surface area contributed by atoms with Gasteiger partial charge in [-0.05, 0) is 109 Å². The lowest BCUT2D eigenvalue weighted by Gasteiger charge is -2.28. The van der Waals surface area contributed by atoms with Crippen LogP contribution >= 0.6 is 0 Å². The average Bonchev–Trinajstić information content (AvgIpc) is 3.77. The molecule has 0 bridgehead atoms. The first kappa shape index (κ1) is 33.2. The van der Waals surface area contributed by atoms with Crippen LogP contribution in [0, 0.1) is 0 Å². The molecular weight excluding hydrogens is 691 g/mol. The molecule has 1 aromatic heterocycles. The Morgan fingerprint density at radius 1 is 0.404 bits per heavy atom. The predicted octanol–water partition coefficient (Wildman–Crippen LogP) is 15.5. The number of hydrogen-bond donors (Lipinski definition) is 0. The molecule has 0 amide bonds. The van der Waals surface area contributed by atoms with E-state index in [4.69, 9.17) is 4.42 Å². The zero-order chi connectivity index (χ0) is 38.1. The lowest BCUT2D eigenvalue weighted by Crippen LogP contribution is -2.16. The molecule has 1 aliphatic rings. The monoisotopic (exact) mass is 729 g/mol. The molecule has 0 radical (unpaired) electrons. The van der Waals surface area contributed by atoms with E-state index in [-0.39, 0.29) is 5.41 Å². The largest absolute Gasteiger partial charge is 0.455 e. The van der Waals surface area contributed by atoms with E-state index in [1.165, 1.54) is 55.3 Å². The highest BCUT2D eigenvalue weighted by atomic mass is 16.3. The summed E-state index contributed by atoms with van der Waals surface area (Å²) in [6, 6.07) is 72.5. The van der Waals surface area contributed by atoms with Crippen molar-refractivity contribution in [3.63, 3.8) is 0 Å². The second-order valence-corrected chi connectivity index (χ2v) is 15.7. The molecule has 1 heterocycles. The highest BCUT2D eigenvalue weighted by Crippen LogP contribution is 2.54. The summed E-state index contributed by atoms with van der Waals surface area (Å²) in [6.07, 6.45) is 0. The molecule has 2 nitrogen and oxygen atoms in total. The molecule has 1 aliphatic carbocycles. The summed E-state index contributed by atoms with van der Waals surface area (Å²) in [5.74, 6) is 0. The van der Waals surface area contributed by atoms with Crippen molar-refractivity contribution in [2.24, 2.45) is 0 Å². The number of rotatable bonds is 6. The van der Waals surface area contributed by atoms with Gasteiger partial charge in [-0.1, -0.05) is 166 Å². The Morgan fingerprint density at radius 3 is 1.74 bits per heavy atom. The summed E-state index contributed by atoms with van der Waals surface area (Å²) in [5, 5.41) is 4.62. The summed E-state index contributed by atoms with van der Waals surface area (Å²) in [7, 11) is 0. The fraction of sp³-hybridized carbons (Fsp3) is 0.0545. The third-order valence-corrected chi connectivity index (χ3v) is 12.0. The van der Waals surface area contributed by atoms with Crippen molar-refractivity contribution >= 4 is 49.8 Å². The van der Waals surface area contributed by atoms with Crippen molar-refractivity contribution in [1.29, 1.82) is 0 Å². The molecule has 10 aromatic rings. The van der Waals surface area contributed by atoms with Crippen LogP contribution in [-0.4, -0.2) is 0 Å². The average molecular weight is 730 g/mol. The van der Waals surface area contributed by atoms with Crippen LogP contribution in [0.1, 0.15) is 25.0 Å². The van der Waals surface area contributed by atoms with Gasteiger partial charge in [0.25, 0.3) is 0 Å². The third kappa shape index (κ3) is 5.33. The first-order valence-corrected chi connectivity index (χ1v) is 19.8. The van der Waals surface area contributed by atoms with Crippen molar-refractivity contribution in [1.82, 2.24) is 0 Å². The number of anilines is 3. The Morgan fingerprint density at radius 2 is 1.00 bits per heavy atom. The number of fused-ring (bicyclic) bond motifs is 8. The highest BCUT2D eigenvalue weighted by molar-refractivity contribution is 6.23. The van der Waals surface area contributed by atoms with Gasteiger partial charge < -0.3 is 9.32 Å². The summed E-state index contributed by atoms with van der Waals surface area (Å²) in [4.78, 5) is 2.41. The maximum absolute atomic E-state index is 6.81. The Kier molecular flexibility index (Phi) is 7.55.